The van der Waals surface area contributed by atoms with E-state index in [2.05, 4.69) is 28.2 Å². The average Bonchev–Trinajstić information content (AvgIpc) is 2.41. The zero-order valence-electron chi connectivity index (χ0n) is 11.4. The number of benzene rings is 1. The molecule has 0 bridgehead atoms. The molecule has 0 aliphatic heterocycles. The molecule has 104 valence electrons. The van der Waals surface area contributed by atoms with Crippen LogP contribution in [0.1, 0.15) is 43.0 Å². The third-order valence-corrected chi connectivity index (χ3v) is 4.46. The van der Waals surface area contributed by atoms with E-state index in [-0.39, 0.29) is 5.91 Å². The van der Waals surface area contributed by atoms with E-state index in [9.17, 15) is 4.79 Å². The van der Waals surface area contributed by atoms with Gasteiger partial charge in [-0.2, -0.15) is 0 Å². The zero-order valence-corrected chi connectivity index (χ0v) is 13.0. The molecule has 1 aliphatic carbocycles. The molecule has 0 aromatic heterocycles. The maximum Gasteiger partial charge on any atom is 0.251 e. The standard InChI is InChI=1S/C15H20BrNO2/c1-10-5-3-4-6-13(10)17-15(18)11-7-8-14(19-2)12(16)9-11/h7-10,13H,3-6H2,1-2H3,(H,17,18). The van der Waals surface area contributed by atoms with Gasteiger partial charge in [0.1, 0.15) is 5.75 Å². The van der Waals surface area contributed by atoms with Crippen LogP contribution in [0.25, 0.3) is 0 Å². The number of rotatable bonds is 3. The topological polar surface area (TPSA) is 38.3 Å². The molecule has 0 heterocycles. The van der Waals surface area contributed by atoms with E-state index in [1.54, 1.807) is 13.2 Å². The summed E-state index contributed by atoms with van der Waals surface area (Å²) in [4.78, 5) is 12.2. The number of carbonyl (C=O) groups is 1. The molecule has 2 rings (SSSR count). The van der Waals surface area contributed by atoms with Gasteiger partial charge in [0.2, 0.25) is 0 Å². The van der Waals surface area contributed by atoms with Gasteiger partial charge in [0.05, 0.1) is 11.6 Å². The van der Waals surface area contributed by atoms with Gasteiger partial charge in [-0.25, -0.2) is 0 Å². The molecule has 1 N–H and O–H groups in total. The minimum Gasteiger partial charge on any atom is -0.496 e. The third-order valence-electron chi connectivity index (χ3n) is 3.84. The van der Waals surface area contributed by atoms with Crippen molar-refractivity contribution in [1.82, 2.24) is 5.32 Å². The first kappa shape index (κ1) is 14.4. The van der Waals surface area contributed by atoms with Crippen molar-refractivity contribution in [2.24, 2.45) is 5.92 Å². The SMILES string of the molecule is COc1ccc(C(=O)NC2CCCCC2C)cc1Br. The molecule has 1 fully saturated rings. The second-order valence-corrected chi connectivity index (χ2v) is 6.05. The first-order valence-corrected chi connectivity index (χ1v) is 7.55. The predicted molar refractivity (Wildman–Crippen MR) is 79.6 cm³/mol. The number of nitrogens with one attached hydrogen (secondary N) is 1. The monoisotopic (exact) mass is 325 g/mol. The van der Waals surface area contributed by atoms with E-state index in [4.69, 9.17) is 4.74 Å². The second-order valence-electron chi connectivity index (χ2n) is 5.19. The number of amides is 1. The van der Waals surface area contributed by atoms with Gasteiger partial charge < -0.3 is 10.1 Å². The van der Waals surface area contributed by atoms with E-state index in [1.807, 2.05) is 12.1 Å². The Balaban J connectivity index is 2.05. The van der Waals surface area contributed by atoms with Crippen molar-refractivity contribution in [3.63, 3.8) is 0 Å². The van der Waals surface area contributed by atoms with Crippen molar-refractivity contribution in [2.45, 2.75) is 38.6 Å². The van der Waals surface area contributed by atoms with Crippen molar-refractivity contribution in [3.05, 3.63) is 28.2 Å². The normalized spacial score (nSPS) is 22.9. The quantitative estimate of drug-likeness (QED) is 0.918. The largest absolute Gasteiger partial charge is 0.496 e. The molecule has 1 amide bonds. The zero-order chi connectivity index (χ0) is 13.8. The lowest BCUT2D eigenvalue weighted by atomic mass is 9.86. The van der Waals surface area contributed by atoms with Crippen LogP contribution in [0, 0.1) is 5.92 Å². The highest BCUT2D eigenvalue weighted by Gasteiger charge is 2.23. The summed E-state index contributed by atoms with van der Waals surface area (Å²) in [5, 5.41) is 3.15. The molecule has 19 heavy (non-hydrogen) atoms. The molecule has 1 aliphatic rings. The molecule has 0 radical (unpaired) electrons. The molecule has 2 unspecified atom stereocenters. The van der Waals surface area contributed by atoms with Crippen molar-refractivity contribution in [3.8, 4) is 5.75 Å². The summed E-state index contributed by atoms with van der Waals surface area (Å²) < 4.78 is 5.97. The van der Waals surface area contributed by atoms with Gasteiger partial charge in [-0.1, -0.05) is 19.8 Å². The Labute approximate surface area is 122 Å². The van der Waals surface area contributed by atoms with Crippen LogP contribution in [0.4, 0.5) is 0 Å². The Kier molecular flexibility index (Phi) is 4.86. The van der Waals surface area contributed by atoms with Crippen molar-refractivity contribution in [1.29, 1.82) is 0 Å². The summed E-state index contributed by atoms with van der Waals surface area (Å²) in [5.74, 6) is 1.31. The highest BCUT2D eigenvalue weighted by Crippen LogP contribution is 2.27. The molecule has 1 aromatic rings. The highest BCUT2D eigenvalue weighted by atomic mass is 79.9. The molecule has 1 aromatic carbocycles. The van der Waals surface area contributed by atoms with Gasteiger partial charge >= 0.3 is 0 Å². The average molecular weight is 326 g/mol. The summed E-state index contributed by atoms with van der Waals surface area (Å²) in [6, 6.07) is 5.72. The predicted octanol–water partition coefficient (Wildman–Crippen LogP) is 3.77. The molecular formula is C15H20BrNO2. The van der Waals surface area contributed by atoms with E-state index in [0.29, 0.717) is 17.5 Å². The molecule has 2 atom stereocenters. The second kappa shape index (κ2) is 6.42. The van der Waals surface area contributed by atoms with Crippen LogP contribution in [0.2, 0.25) is 0 Å². The summed E-state index contributed by atoms with van der Waals surface area (Å²) in [5.41, 5.74) is 0.672. The fraction of sp³-hybridized carbons (Fsp3) is 0.533. The Morgan fingerprint density at radius 2 is 2.11 bits per heavy atom. The van der Waals surface area contributed by atoms with Gasteiger partial charge in [0.25, 0.3) is 5.91 Å². The van der Waals surface area contributed by atoms with Crippen LogP contribution in [0.5, 0.6) is 5.75 Å². The van der Waals surface area contributed by atoms with Crippen molar-refractivity contribution < 1.29 is 9.53 Å². The Morgan fingerprint density at radius 3 is 2.74 bits per heavy atom. The van der Waals surface area contributed by atoms with E-state index in [0.717, 1.165) is 16.6 Å². The maximum atomic E-state index is 12.2. The number of methoxy groups -OCH3 is 1. The number of halogens is 1. The van der Waals surface area contributed by atoms with Gasteiger partial charge in [0, 0.05) is 11.6 Å². The molecule has 3 nitrogen and oxygen atoms in total. The minimum absolute atomic E-state index is 0.00195. The van der Waals surface area contributed by atoms with Crippen LogP contribution < -0.4 is 10.1 Å². The van der Waals surface area contributed by atoms with Crippen LogP contribution in [0.3, 0.4) is 0 Å². The molecule has 4 heteroatoms. The lowest BCUT2D eigenvalue weighted by Crippen LogP contribution is -2.41. The summed E-state index contributed by atoms with van der Waals surface area (Å²) >= 11 is 3.41. The van der Waals surface area contributed by atoms with Crippen LogP contribution in [-0.4, -0.2) is 19.1 Å². The van der Waals surface area contributed by atoms with Crippen molar-refractivity contribution >= 4 is 21.8 Å². The smallest absolute Gasteiger partial charge is 0.251 e. The molecule has 1 saturated carbocycles. The number of carbonyl (C=O) groups excluding carboxylic acids is 1. The third kappa shape index (κ3) is 3.50. The molecular weight excluding hydrogens is 306 g/mol. The Morgan fingerprint density at radius 1 is 1.37 bits per heavy atom. The summed E-state index contributed by atoms with van der Waals surface area (Å²) in [7, 11) is 1.61. The number of hydrogen-bond acceptors (Lipinski definition) is 2. The first-order chi connectivity index (χ1) is 9.11. The fourth-order valence-corrected chi connectivity index (χ4v) is 3.13. The van der Waals surface area contributed by atoms with Gasteiger partial charge in [0.15, 0.2) is 0 Å². The van der Waals surface area contributed by atoms with Gasteiger partial charge in [-0.15, -0.1) is 0 Å². The Hall–Kier alpha value is -1.03. The van der Waals surface area contributed by atoms with E-state index in [1.165, 1.54) is 19.3 Å². The van der Waals surface area contributed by atoms with Crippen LogP contribution >= 0.6 is 15.9 Å². The van der Waals surface area contributed by atoms with E-state index < -0.39 is 0 Å². The fourth-order valence-electron chi connectivity index (χ4n) is 2.59. The summed E-state index contributed by atoms with van der Waals surface area (Å²) in [6.45, 7) is 2.22. The summed E-state index contributed by atoms with van der Waals surface area (Å²) in [6.07, 6.45) is 4.78. The molecule has 0 saturated heterocycles. The van der Waals surface area contributed by atoms with Crippen LogP contribution in [-0.2, 0) is 0 Å². The Bertz CT molecular complexity index is 461. The minimum atomic E-state index is 0.00195. The molecule has 0 spiro atoms. The highest BCUT2D eigenvalue weighted by molar-refractivity contribution is 9.10. The van der Waals surface area contributed by atoms with Gasteiger partial charge in [-0.3, -0.25) is 4.79 Å². The van der Waals surface area contributed by atoms with E-state index >= 15 is 0 Å². The maximum absolute atomic E-state index is 12.2. The lowest BCUT2D eigenvalue weighted by Gasteiger charge is -2.29. The number of hydrogen-bond donors (Lipinski definition) is 1. The van der Waals surface area contributed by atoms with Gasteiger partial charge in [-0.05, 0) is 52.9 Å². The first-order valence-electron chi connectivity index (χ1n) is 6.76. The number of ether oxygens (including phenoxy) is 1. The lowest BCUT2D eigenvalue weighted by molar-refractivity contribution is 0.0910. The van der Waals surface area contributed by atoms with Crippen molar-refractivity contribution in [2.75, 3.05) is 7.11 Å². The van der Waals surface area contributed by atoms with Crippen LogP contribution in [0.15, 0.2) is 22.7 Å².